The molecule has 2 aromatic carbocycles. The lowest BCUT2D eigenvalue weighted by Crippen LogP contribution is -2.49. The van der Waals surface area contributed by atoms with Crippen LogP contribution >= 0.6 is 0 Å². The van der Waals surface area contributed by atoms with E-state index in [0.29, 0.717) is 24.4 Å². The number of urea groups is 1. The number of benzene rings is 2. The largest absolute Gasteiger partial charge is 0.485 e. The van der Waals surface area contributed by atoms with E-state index in [2.05, 4.69) is 16.7 Å². The molecule has 0 radical (unpaired) electrons. The molecule has 4 rings (SSSR count). The van der Waals surface area contributed by atoms with E-state index in [1.54, 1.807) is 18.2 Å². The van der Waals surface area contributed by atoms with E-state index in [-0.39, 0.29) is 11.9 Å². The van der Waals surface area contributed by atoms with Gasteiger partial charge in [-0.3, -0.25) is 0 Å². The van der Waals surface area contributed by atoms with Crippen LogP contribution in [0.5, 0.6) is 5.75 Å². The fourth-order valence-electron chi connectivity index (χ4n) is 4.53. The van der Waals surface area contributed by atoms with Crippen LogP contribution in [0.25, 0.3) is 0 Å². The summed E-state index contributed by atoms with van der Waals surface area (Å²) >= 11 is 0. The van der Waals surface area contributed by atoms with Crippen molar-refractivity contribution in [3.8, 4) is 11.8 Å². The lowest BCUT2D eigenvalue weighted by Gasteiger charge is -2.43. The second-order valence-corrected chi connectivity index (χ2v) is 8.93. The Kier molecular flexibility index (Phi) is 6.24. The minimum Gasteiger partial charge on any atom is -0.485 e. The Bertz CT molecular complexity index is 1020. The minimum absolute atomic E-state index is 0.0165. The summed E-state index contributed by atoms with van der Waals surface area (Å²) in [5, 5.41) is 27.0. The summed E-state index contributed by atoms with van der Waals surface area (Å²) in [6.07, 6.45) is 1.33. The second-order valence-electron chi connectivity index (χ2n) is 8.93. The molecule has 2 aliphatic heterocycles. The van der Waals surface area contributed by atoms with E-state index >= 15 is 0 Å². The molecule has 0 spiro atoms. The summed E-state index contributed by atoms with van der Waals surface area (Å²) in [6, 6.07) is 15.3. The number of nitriles is 1. The zero-order valence-corrected chi connectivity index (χ0v) is 18.6. The number of anilines is 1. The molecule has 7 nitrogen and oxygen atoms in total. The van der Waals surface area contributed by atoms with E-state index < -0.39 is 11.7 Å². The lowest BCUT2D eigenvalue weighted by molar-refractivity contribution is -0.0510. The highest BCUT2D eigenvalue weighted by Crippen LogP contribution is 2.46. The van der Waals surface area contributed by atoms with Gasteiger partial charge in [0, 0.05) is 43.3 Å². The number of rotatable bonds is 5. The van der Waals surface area contributed by atoms with E-state index in [0.717, 1.165) is 42.7 Å². The van der Waals surface area contributed by atoms with Gasteiger partial charge >= 0.3 is 6.03 Å². The summed E-state index contributed by atoms with van der Waals surface area (Å²) in [4.78, 5) is 14.0. The number of hydrogen-bond acceptors (Lipinski definition) is 5. The van der Waals surface area contributed by atoms with Gasteiger partial charge in [0.1, 0.15) is 17.5 Å². The van der Waals surface area contributed by atoms with Crippen molar-refractivity contribution in [1.82, 2.24) is 10.2 Å². The number of likely N-dealkylation sites (tertiary alicyclic amines) is 1. The van der Waals surface area contributed by atoms with Crippen LogP contribution in [0.15, 0.2) is 42.5 Å². The molecule has 1 saturated heterocycles. The normalized spacial score (nSPS) is 21.2. The maximum atomic E-state index is 12.2. The molecule has 3 N–H and O–H groups in total. The zero-order valence-electron chi connectivity index (χ0n) is 18.6. The van der Waals surface area contributed by atoms with E-state index in [9.17, 15) is 15.2 Å². The Balaban J connectivity index is 1.55. The summed E-state index contributed by atoms with van der Waals surface area (Å²) in [5.41, 5.74) is 2.35. The smallest absolute Gasteiger partial charge is 0.317 e. The summed E-state index contributed by atoms with van der Waals surface area (Å²) in [5.74, 6) is 0.321. The quantitative estimate of drug-likeness (QED) is 0.627. The van der Waals surface area contributed by atoms with E-state index in [1.165, 1.54) is 0 Å². The van der Waals surface area contributed by atoms with Gasteiger partial charge < -0.3 is 25.4 Å². The Labute approximate surface area is 189 Å². The summed E-state index contributed by atoms with van der Waals surface area (Å²) in [6.45, 7) is 6.45. The number of ether oxygens (including phenoxy) is 1. The molecular formula is C25H30N4O3. The standard InChI is InChI=1S/C25H30N4O3/c1-25(2)23(30)22(19-15-17(16-26)9-10-21(19)32-25)18-7-3-4-8-20(18)27-11-12-28-24(31)29-13-5-6-14-29/h3-4,7-10,15,22-23,27,30H,5-6,11-14H2,1-2H3,(H,28,31). The lowest BCUT2D eigenvalue weighted by atomic mass is 9.76. The summed E-state index contributed by atoms with van der Waals surface area (Å²) < 4.78 is 6.06. The molecule has 0 aromatic heterocycles. The third kappa shape index (κ3) is 4.37. The van der Waals surface area contributed by atoms with Crippen molar-refractivity contribution in [3.63, 3.8) is 0 Å². The number of carbonyl (C=O) groups is 1. The number of nitrogens with zero attached hydrogens (tertiary/aromatic N) is 2. The average molecular weight is 435 g/mol. The predicted octanol–water partition coefficient (Wildman–Crippen LogP) is 3.44. The molecular weight excluding hydrogens is 404 g/mol. The van der Waals surface area contributed by atoms with Crippen molar-refractivity contribution in [2.24, 2.45) is 0 Å². The highest BCUT2D eigenvalue weighted by Gasteiger charge is 2.44. The second kappa shape index (κ2) is 9.09. The van der Waals surface area contributed by atoms with Crippen LogP contribution in [-0.2, 0) is 0 Å². The van der Waals surface area contributed by atoms with Gasteiger partial charge in [-0.1, -0.05) is 18.2 Å². The van der Waals surface area contributed by atoms with Gasteiger partial charge in [-0.05, 0) is 56.5 Å². The predicted molar refractivity (Wildman–Crippen MR) is 123 cm³/mol. The third-order valence-electron chi connectivity index (χ3n) is 6.28. The number of amides is 2. The molecule has 0 aliphatic carbocycles. The van der Waals surface area contributed by atoms with Crippen LogP contribution in [0.2, 0.25) is 0 Å². The first-order valence-corrected chi connectivity index (χ1v) is 11.2. The number of aliphatic hydroxyl groups is 1. The molecule has 2 atom stereocenters. The van der Waals surface area contributed by atoms with Gasteiger partial charge in [-0.15, -0.1) is 0 Å². The van der Waals surface area contributed by atoms with Crippen LogP contribution in [0.4, 0.5) is 10.5 Å². The van der Waals surface area contributed by atoms with Gasteiger partial charge in [0.15, 0.2) is 0 Å². The van der Waals surface area contributed by atoms with Crippen molar-refractivity contribution < 1.29 is 14.6 Å². The van der Waals surface area contributed by atoms with Crippen molar-refractivity contribution >= 4 is 11.7 Å². The highest BCUT2D eigenvalue weighted by atomic mass is 16.5. The molecule has 168 valence electrons. The molecule has 2 amide bonds. The Morgan fingerprint density at radius 1 is 1.19 bits per heavy atom. The minimum atomic E-state index is -0.804. The van der Waals surface area contributed by atoms with Crippen molar-refractivity contribution in [2.75, 3.05) is 31.5 Å². The van der Waals surface area contributed by atoms with Crippen LogP contribution in [-0.4, -0.2) is 53.9 Å². The van der Waals surface area contributed by atoms with Crippen molar-refractivity contribution in [1.29, 1.82) is 5.26 Å². The van der Waals surface area contributed by atoms with Crippen molar-refractivity contribution in [2.45, 2.75) is 44.3 Å². The number of nitrogens with one attached hydrogen (secondary N) is 2. The van der Waals surface area contributed by atoms with Crippen LogP contribution in [0.1, 0.15) is 49.3 Å². The van der Waals surface area contributed by atoms with Crippen LogP contribution < -0.4 is 15.4 Å². The number of carbonyl (C=O) groups excluding carboxylic acids is 1. The molecule has 0 saturated carbocycles. The molecule has 2 heterocycles. The Morgan fingerprint density at radius 3 is 2.69 bits per heavy atom. The maximum absolute atomic E-state index is 12.2. The average Bonchev–Trinajstić information content (AvgIpc) is 3.33. The Hall–Kier alpha value is -3.24. The van der Waals surface area contributed by atoms with Gasteiger partial charge in [0.25, 0.3) is 0 Å². The molecule has 2 unspecified atom stereocenters. The number of fused-ring (bicyclic) bond motifs is 1. The number of hydrogen-bond donors (Lipinski definition) is 3. The first-order chi connectivity index (χ1) is 15.4. The monoisotopic (exact) mass is 434 g/mol. The van der Waals surface area contributed by atoms with Gasteiger partial charge in [-0.2, -0.15) is 5.26 Å². The molecule has 2 aromatic rings. The van der Waals surface area contributed by atoms with Crippen LogP contribution in [0.3, 0.4) is 0 Å². The SMILES string of the molecule is CC1(C)Oc2ccc(C#N)cc2C(c2ccccc2NCCNC(=O)N2CCCC2)C1O. The number of aliphatic hydroxyl groups excluding tert-OH is 1. The highest BCUT2D eigenvalue weighted by molar-refractivity contribution is 5.74. The van der Waals surface area contributed by atoms with Crippen molar-refractivity contribution in [3.05, 3.63) is 59.2 Å². The zero-order chi connectivity index (χ0) is 22.7. The Morgan fingerprint density at radius 2 is 1.94 bits per heavy atom. The first kappa shape index (κ1) is 22.0. The molecule has 7 heteroatoms. The van der Waals surface area contributed by atoms with Gasteiger partial charge in [-0.25, -0.2) is 4.79 Å². The molecule has 1 fully saturated rings. The first-order valence-electron chi connectivity index (χ1n) is 11.2. The molecule has 32 heavy (non-hydrogen) atoms. The topological polar surface area (TPSA) is 97.6 Å². The number of para-hydroxylation sites is 1. The fourth-order valence-corrected chi connectivity index (χ4v) is 4.53. The summed E-state index contributed by atoms with van der Waals surface area (Å²) in [7, 11) is 0. The fraction of sp³-hybridized carbons (Fsp3) is 0.440. The van der Waals surface area contributed by atoms with Crippen LogP contribution in [0, 0.1) is 11.3 Å². The van der Waals surface area contributed by atoms with Gasteiger partial charge in [0.2, 0.25) is 0 Å². The molecule has 2 aliphatic rings. The van der Waals surface area contributed by atoms with E-state index in [4.69, 9.17) is 4.74 Å². The van der Waals surface area contributed by atoms with Gasteiger partial charge in [0.05, 0.1) is 11.6 Å². The molecule has 0 bridgehead atoms. The maximum Gasteiger partial charge on any atom is 0.317 e. The third-order valence-corrected chi connectivity index (χ3v) is 6.28. The van der Waals surface area contributed by atoms with E-state index in [1.807, 2.05) is 43.0 Å².